The van der Waals surface area contributed by atoms with Gasteiger partial charge in [-0.1, -0.05) is 0 Å². The summed E-state index contributed by atoms with van der Waals surface area (Å²) in [5.74, 6) is 1.55. The lowest BCUT2D eigenvalue weighted by molar-refractivity contribution is 0.355. The zero-order valence-corrected chi connectivity index (χ0v) is 16.4. The van der Waals surface area contributed by atoms with Gasteiger partial charge >= 0.3 is 5.69 Å². The first-order valence-electron chi connectivity index (χ1n) is 8.60. The fourth-order valence-electron chi connectivity index (χ4n) is 2.92. The third-order valence-corrected chi connectivity index (χ3v) is 4.46. The van der Waals surface area contributed by atoms with Crippen LogP contribution in [-0.4, -0.2) is 39.1 Å². The Morgan fingerprint density at radius 3 is 2.50 bits per heavy atom. The Morgan fingerprint density at radius 1 is 1.14 bits per heavy atom. The van der Waals surface area contributed by atoms with Gasteiger partial charge in [-0.05, 0) is 30.7 Å². The second-order valence-corrected chi connectivity index (χ2v) is 6.04. The van der Waals surface area contributed by atoms with Crippen molar-refractivity contribution in [1.82, 2.24) is 18.7 Å². The van der Waals surface area contributed by atoms with Gasteiger partial charge in [0.05, 0.1) is 20.4 Å². The third-order valence-electron chi connectivity index (χ3n) is 4.46. The Kier molecular flexibility index (Phi) is 5.21. The molecule has 3 rings (SSSR count). The number of aromatic nitrogens is 4. The molecule has 1 aromatic carbocycles. The van der Waals surface area contributed by atoms with E-state index in [1.807, 2.05) is 6.07 Å². The minimum Gasteiger partial charge on any atom is -0.493 e. The summed E-state index contributed by atoms with van der Waals surface area (Å²) in [6.45, 7) is 2.03. The van der Waals surface area contributed by atoms with Crippen molar-refractivity contribution < 1.29 is 9.47 Å². The van der Waals surface area contributed by atoms with Gasteiger partial charge in [0.25, 0.3) is 5.56 Å². The van der Waals surface area contributed by atoms with Gasteiger partial charge in [0.2, 0.25) is 5.95 Å². The first-order chi connectivity index (χ1) is 13.4. The summed E-state index contributed by atoms with van der Waals surface area (Å²) < 4.78 is 14.6. The lowest BCUT2D eigenvalue weighted by atomic mass is 10.2. The highest BCUT2D eigenvalue weighted by molar-refractivity contribution is 5.81. The Balaban J connectivity index is 1.96. The monoisotopic (exact) mass is 386 g/mol. The van der Waals surface area contributed by atoms with Gasteiger partial charge in [0.1, 0.15) is 0 Å². The highest BCUT2D eigenvalue weighted by Gasteiger charge is 2.17. The molecule has 2 heterocycles. The van der Waals surface area contributed by atoms with Crippen LogP contribution in [0.25, 0.3) is 11.2 Å². The molecule has 28 heavy (non-hydrogen) atoms. The lowest BCUT2D eigenvalue weighted by Crippen LogP contribution is -2.39. The number of aryl methyl sites for hydroxylation is 2. The molecule has 1 N–H and O–H groups in total. The average Bonchev–Trinajstić information content (AvgIpc) is 3.03. The Morgan fingerprint density at radius 2 is 1.86 bits per heavy atom. The number of benzene rings is 1. The molecule has 148 valence electrons. The van der Waals surface area contributed by atoms with Crippen LogP contribution in [0.5, 0.6) is 11.5 Å². The molecule has 0 amide bonds. The van der Waals surface area contributed by atoms with Crippen molar-refractivity contribution in [2.24, 2.45) is 19.2 Å². The zero-order chi connectivity index (χ0) is 20.4. The first-order valence-corrected chi connectivity index (χ1v) is 8.60. The second kappa shape index (κ2) is 7.59. The largest absolute Gasteiger partial charge is 0.493 e. The van der Waals surface area contributed by atoms with Crippen LogP contribution in [0.1, 0.15) is 12.5 Å². The number of fused-ring (bicyclic) bond motifs is 1. The fraction of sp³-hybridized carbons (Fsp3) is 0.333. The van der Waals surface area contributed by atoms with E-state index in [4.69, 9.17) is 9.47 Å². The van der Waals surface area contributed by atoms with E-state index in [1.54, 1.807) is 58.2 Å². The summed E-state index contributed by atoms with van der Waals surface area (Å²) in [6.07, 6.45) is 1.59. The number of nitrogens with one attached hydrogen (secondary N) is 1. The summed E-state index contributed by atoms with van der Waals surface area (Å²) in [7, 11) is 6.40. The van der Waals surface area contributed by atoms with Gasteiger partial charge in [-0.15, -0.1) is 0 Å². The standard InChI is InChI=1S/C18H22N6O4/c1-6-24-16(25)14-15(23(3)18(24)26)20-17(22(14)2)21-19-10-11-7-8-12(27-4)13(9-11)28-5/h7-10H,6H2,1-5H3,(H,20,21)/b19-10+. The van der Waals surface area contributed by atoms with Crippen molar-refractivity contribution in [2.45, 2.75) is 13.5 Å². The molecule has 0 aliphatic carbocycles. The van der Waals surface area contributed by atoms with Crippen molar-refractivity contribution in [3.8, 4) is 11.5 Å². The van der Waals surface area contributed by atoms with Crippen molar-refractivity contribution in [3.63, 3.8) is 0 Å². The van der Waals surface area contributed by atoms with Crippen LogP contribution in [0.3, 0.4) is 0 Å². The Hall–Kier alpha value is -3.56. The molecule has 0 spiro atoms. The molecule has 10 heteroatoms. The van der Waals surface area contributed by atoms with Crippen LogP contribution in [-0.2, 0) is 20.6 Å². The molecule has 0 bridgehead atoms. The number of rotatable bonds is 6. The Bertz CT molecular complexity index is 1170. The van der Waals surface area contributed by atoms with Crippen LogP contribution in [0, 0.1) is 0 Å². The maximum Gasteiger partial charge on any atom is 0.332 e. The van der Waals surface area contributed by atoms with Crippen LogP contribution < -0.4 is 26.1 Å². The maximum atomic E-state index is 12.6. The van der Waals surface area contributed by atoms with Crippen molar-refractivity contribution in [2.75, 3.05) is 19.6 Å². The number of nitrogens with zero attached hydrogens (tertiary/aromatic N) is 5. The molecular weight excluding hydrogens is 364 g/mol. The highest BCUT2D eigenvalue weighted by Crippen LogP contribution is 2.26. The SMILES string of the molecule is CCn1c(=O)c2c(nc(N/N=C/c3ccc(OC)c(OC)c3)n2C)n(C)c1=O. The smallest absolute Gasteiger partial charge is 0.332 e. The van der Waals surface area contributed by atoms with E-state index in [1.165, 1.54) is 9.13 Å². The predicted molar refractivity (Wildman–Crippen MR) is 107 cm³/mol. The number of hydrogen-bond donors (Lipinski definition) is 1. The number of methoxy groups -OCH3 is 2. The third kappa shape index (κ3) is 3.13. The molecule has 0 aliphatic heterocycles. The van der Waals surface area contributed by atoms with E-state index < -0.39 is 5.69 Å². The summed E-state index contributed by atoms with van der Waals surface area (Å²) >= 11 is 0. The number of ether oxygens (including phenoxy) is 2. The molecule has 3 aromatic rings. The van der Waals surface area contributed by atoms with E-state index in [2.05, 4.69) is 15.5 Å². The summed E-state index contributed by atoms with van der Waals surface area (Å²) in [5.41, 5.74) is 3.43. The Labute approximate surface area is 160 Å². The first kappa shape index (κ1) is 19.2. The lowest BCUT2D eigenvalue weighted by Gasteiger charge is -2.07. The predicted octanol–water partition coefficient (Wildman–Crippen LogP) is 0.917. The molecule has 0 saturated carbocycles. The second-order valence-electron chi connectivity index (χ2n) is 6.04. The van der Waals surface area contributed by atoms with Gasteiger partial charge < -0.3 is 14.0 Å². The molecular formula is C18H22N6O4. The molecule has 0 saturated heterocycles. The quantitative estimate of drug-likeness (QED) is 0.499. The molecule has 0 atom stereocenters. The van der Waals surface area contributed by atoms with Crippen molar-refractivity contribution in [3.05, 3.63) is 44.6 Å². The van der Waals surface area contributed by atoms with Gasteiger partial charge in [0, 0.05) is 20.6 Å². The minimum atomic E-state index is -0.404. The van der Waals surface area contributed by atoms with E-state index in [0.29, 0.717) is 28.6 Å². The van der Waals surface area contributed by atoms with Gasteiger partial charge in [0.15, 0.2) is 22.7 Å². The van der Waals surface area contributed by atoms with Crippen molar-refractivity contribution in [1.29, 1.82) is 0 Å². The van der Waals surface area contributed by atoms with Gasteiger partial charge in [-0.3, -0.25) is 13.9 Å². The molecule has 0 radical (unpaired) electrons. The fourth-order valence-corrected chi connectivity index (χ4v) is 2.92. The van der Waals surface area contributed by atoms with E-state index >= 15 is 0 Å². The molecule has 2 aromatic heterocycles. The van der Waals surface area contributed by atoms with E-state index in [0.717, 1.165) is 5.56 Å². The minimum absolute atomic E-state index is 0.285. The van der Waals surface area contributed by atoms with Crippen LogP contribution in [0.2, 0.25) is 0 Å². The van der Waals surface area contributed by atoms with Crippen LogP contribution in [0.4, 0.5) is 5.95 Å². The van der Waals surface area contributed by atoms with Crippen LogP contribution >= 0.6 is 0 Å². The number of anilines is 1. The average molecular weight is 386 g/mol. The van der Waals surface area contributed by atoms with Crippen molar-refractivity contribution >= 4 is 23.3 Å². The highest BCUT2D eigenvalue weighted by atomic mass is 16.5. The summed E-state index contributed by atoms with van der Waals surface area (Å²) in [4.78, 5) is 29.2. The molecule has 10 nitrogen and oxygen atoms in total. The van der Waals surface area contributed by atoms with E-state index in [9.17, 15) is 9.59 Å². The van der Waals surface area contributed by atoms with Gasteiger partial charge in [-0.25, -0.2) is 10.2 Å². The summed E-state index contributed by atoms with van der Waals surface area (Å²) in [5, 5.41) is 4.17. The van der Waals surface area contributed by atoms with E-state index in [-0.39, 0.29) is 12.1 Å². The van der Waals surface area contributed by atoms with Crippen LogP contribution in [0.15, 0.2) is 32.9 Å². The molecule has 0 fully saturated rings. The number of imidazole rings is 1. The normalized spacial score (nSPS) is 11.3. The zero-order valence-electron chi connectivity index (χ0n) is 16.4. The maximum absolute atomic E-state index is 12.6. The molecule has 0 aliphatic rings. The molecule has 0 unspecified atom stereocenters. The van der Waals surface area contributed by atoms with Gasteiger partial charge in [-0.2, -0.15) is 10.1 Å². The number of hydrogen-bond acceptors (Lipinski definition) is 7. The number of hydrazone groups is 1. The summed E-state index contributed by atoms with van der Waals surface area (Å²) in [6, 6.07) is 5.38. The topological polar surface area (TPSA) is 105 Å².